The van der Waals surface area contributed by atoms with E-state index in [-0.39, 0.29) is 0 Å². The number of imidazole rings is 2. The van der Waals surface area contributed by atoms with Gasteiger partial charge in [0.1, 0.15) is 51.0 Å². The van der Waals surface area contributed by atoms with Crippen molar-refractivity contribution in [1.82, 2.24) is 9.13 Å². The van der Waals surface area contributed by atoms with Gasteiger partial charge < -0.3 is 18.8 Å². The third-order valence-corrected chi connectivity index (χ3v) is 5.64. The highest BCUT2D eigenvalue weighted by molar-refractivity contribution is 7.84. The van der Waals surface area contributed by atoms with Crippen LogP contribution in [-0.4, -0.2) is 68.0 Å². The lowest BCUT2D eigenvalue weighted by Crippen LogP contribution is -2.31. The molecule has 0 saturated carbocycles. The van der Waals surface area contributed by atoms with Crippen LogP contribution in [0.15, 0.2) is 98.1 Å². The zero-order valence-corrected chi connectivity index (χ0v) is 23.8. The first-order chi connectivity index (χ1) is 19.3. The molecule has 0 atom stereocenters. The molecule has 10 nitrogen and oxygen atoms in total. The Labute approximate surface area is 236 Å². The predicted molar refractivity (Wildman–Crippen MR) is 148 cm³/mol. The van der Waals surface area contributed by atoms with E-state index in [0.717, 1.165) is 26.2 Å². The maximum atomic E-state index is 9.08. The molecular formula is C29H39N4O6S+. The van der Waals surface area contributed by atoms with Crippen LogP contribution in [-0.2, 0) is 50.5 Å². The van der Waals surface area contributed by atoms with Gasteiger partial charge in [-0.05, 0) is 11.1 Å². The quantitative estimate of drug-likeness (QED) is 0.116. The van der Waals surface area contributed by atoms with Crippen molar-refractivity contribution in [2.24, 2.45) is 0 Å². The summed E-state index contributed by atoms with van der Waals surface area (Å²) in [7, 11) is -3.92. The lowest BCUT2D eigenvalue weighted by atomic mass is 10.2. The van der Waals surface area contributed by atoms with Crippen molar-refractivity contribution in [3.05, 3.63) is 109 Å². The fourth-order valence-corrected chi connectivity index (χ4v) is 3.80. The molecule has 0 bridgehead atoms. The Kier molecular flexibility index (Phi) is 13.5. The fourth-order valence-electron chi connectivity index (χ4n) is 3.80. The van der Waals surface area contributed by atoms with Crippen molar-refractivity contribution in [2.75, 3.05) is 45.9 Å². The molecule has 0 aliphatic heterocycles. The average molecular weight is 572 g/mol. The molecule has 0 radical (unpaired) electrons. The van der Waals surface area contributed by atoms with Gasteiger partial charge in [0, 0.05) is 6.26 Å². The lowest BCUT2D eigenvalue weighted by Gasteiger charge is -2.06. The topological polar surface area (TPSA) is 103 Å². The fraction of sp³-hybridized carbons (Fsp3) is 0.379. The third-order valence-electron chi connectivity index (χ3n) is 5.64. The van der Waals surface area contributed by atoms with Crippen LogP contribution in [0.3, 0.4) is 0 Å². The van der Waals surface area contributed by atoms with Crippen LogP contribution in [0.5, 0.6) is 0 Å². The Balaban J connectivity index is 0.000000810. The number of nitrogens with zero attached hydrogens (tertiary/aromatic N) is 4. The number of aromatic nitrogens is 4. The summed E-state index contributed by atoms with van der Waals surface area (Å²) in [5, 5.41) is 0. The summed E-state index contributed by atoms with van der Waals surface area (Å²) >= 11 is 0. The van der Waals surface area contributed by atoms with Crippen molar-refractivity contribution >= 4 is 10.1 Å². The van der Waals surface area contributed by atoms with Gasteiger partial charge in [-0.25, -0.2) is 26.7 Å². The zero-order valence-electron chi connectivity index (χ0n) is 23.0. The van der Waals surface area contributed by atoms with Crippen LogP contribution in [0.1, 0.15) is 11.1 Å². The van der Waals surface area contributed by atoms with E-state index in [1.807, 2.05) is 12.1 Å². The maximum absolute atomic E-state index is 9.08. The van der Waals surface area contributed by atoms with Crippen molar-refractivity contribution in [3.8, 4) is 0 Å². The summed E-state index contributed by atoms with van der Waals surface area (Å²) in [5.74, 6) is 0. The SMILES string of the molecule is CS(=O)(=O)[O-].c1ccc(C[n+]2ccn(CCOCCOCCOCCn3cc[n+](Cc4ccccc4)c3)c2)cc1. The number of ether oxygens (including phenoxy) is 3. The highest BCUT2D eigenvalue weighted by Gasteiger charge is 2.06. The zero-order chi connectivity index (χ0) is 28.5. The van der Waals surface area contributed by atoms with E-state index in [2.05, 4.69) is 104 Å². The number of benzene rings is 2. The minimum absolute atomic E-state index is 0.583. The van der Waals surface area contributed by atoms with Crippen LogP contribution < -0.4 is 9.13 Å². The monoisotopic (exact) mass is 571 g/mol. The van der Waals surface area contributed by atoms with Crippen LogP contribution >= 0.6 is 0 Å². The Hall–Kier alpha value is -3.35. The standard InChI is InChI=1S/C28H36N4O3.CH4O3S/c1-3-7-27(8-4-1)23-31-13-11-29(25-31)15-17-33-19-21-35-22-20-34-18-16-30-12-14-32(26-30)24-28-9-5-2-6-10-28;1-5(2,3)4/h1-14,25-26H,15-24H2;1H3,(H,2,3,4)/q+2;/p-1. The first-order valence-corrected chi connectivity index (χ1v) is 15.0. The third kappa shape index (κ3) is 14.2. The average Bonchev–Trinajstić information content (AvgIpc) is 3.56. The van der Waals surface area contributed by atoms with Crippen LogP contribution in [0.25, 0.3) is 0 Å². The Morgan fingerprint density at radius 1 is 0.650 bits per heavy atom. The van der Waals surface area contributed by atoms with Gasteiger partial charge in [-0.3, -0.25) is 0 Å². The van der Waals surface area contributed by atoms with Gasteiger partial charge in [-0.2, -0.15) is 0 Å². The second-order valence-electron chi connectivity index (χ2n) is 9.16. The molecule has 0 N–H and O–H groups in total. The molecule has 11 heteroatoms. The van der Waals surface area contributed by atoms with Crippen molar-refractivity contribution in [1.29, 1.82) is 0 Å². The summed E-state index contributed by atoms with van der Waals surface area (Å²) in [5.41, 5.74) is 2.59. The minimum atomic E-state index is -3.92. The van der Waals surface area contributed by atoms with Gasteiger partial charge >= 0.3 is 0 Å². The summed E-state index contributed by atoms with van der Waals surface area (Å²) in [4.78, 5) is 0. The van der Waals surface area contributed by atoms with E-state index in [1.54, 1.807) is 0 Å². The normalized spacial score (nSPS) is 11.2. The van der Waals surface area contributed by atoms with E-state index >= 15 is 0 Å². The highest BCUT2D eigenvalue weighted by Crippen LogP contribution is 1.99. The smallest absolute Gasteiger partial charge is 0.244 e. The Bertz CT molecular complexity index is 1230. The van der Waals surface area contributed by atoms with Gasteiger partial charge in [0.05, 0.1) is 49.8 Å². The van der Waals surface area contributed by atoms with Gasteiger partial charge in [0.25, 0.3) is 0 Å². The van der Waals surface area contributed by atoms with Gasteiger partial charge in [-0.15, -0.1) is 0 Å². The van der Waals surface area contributed by atoms with Crippen molar-refractivity contribution in [2.45, 2.75) is 26.2 Å². The molecule has 0 spiro atoms. The van der Waals surface area contributed by atoms with E-state index in [0.29, 0.717) is 45.9 Å². The van der Waals surface area contributed by atoms with Gasteiger partial charge in [-0.1, -0.05) is 60.7 Å². The predicted octanol–water partition coefficient (Wildman–Crippen LogP) is 1.87. The van der Waals surface area contributed by atoms with E-state index in [1.165, 1.54) is 11.1 Å². The van der Waals surface area contributed by atoms with Crippen LogP contribution in [0.2, 0.25) is 0 Å². The molecule has 2 aromatic heterocycles. The van der Waals surface area contributed by atoms with E-state index < -0.39 is 10.1 Å². The molecule has 4 rings (SSSR count). The molecule has 0 saturated heterocycles. The van der Waals surface area contributed by atoms with Crippen LogP contribution in [0.4, 0.5) is 0 Å². The second kappa shape index (κ2) is 17.4. The molecule has 0 aliphatic carbocycles. The molecule has 40 heavy (non-hydrogen) atoms. The molecule has 0 unspecified atom stereocenters. The van der Waals surface area contributed by atoms with E-state index in [4.69, 9.17) is 27.2 Å². The lowest BCUT2D eigenvalue weighted by molar-refractivity contribution is -0.688. The maximum Gasteiger partial charge on any atom is 0.244 e. The minimum Gasteiger partial charge on any atom is -0.748 e. The molecule has 2 aromatic carbocycles. The summed E-state index contributed by atoms with van der Waals surface area (Å²) in [6.07, 6.45) is 13.2. The largest absolute Gasteiger partial charge is 0.748 e. The molecule has 216 valence electrons. The summed E-state index contributed by atoms with van der Waals surface area (Å²) < 4.78 is 52.9. The van der Waals surface area contributed by atoms with Crippen molar-refractivity contribution < 1.29 is 36.3 Å². The molecule has 2 heterocycles. The summed E-state index contributed by atoms with van der Waals surface area (Å²) in [6.45, 7) is 7.11. The molecule has 0 aliphatic rings. The Morgan fingerprint density at radius 2 is 1.00 bits per heavy atom. The van der Waals surface area contributed by atoms with Gasteiger partial charge in [0.15, 0.2) is 0 Å². The summed E-state index contributed by atoms with van der Waals surface area (Å²) in [6, 6.07) is 20.9. The number of hydrogen-bond acceptors (Lipinski definition) is 6. The first kappa shape index (κ1) is 31.2. The van der Waals surface area contributed by atoms with Crippen LogP contribution in [0, 0.1) is 0 Å². The molecule has 0 fully saturated rings. The number of rotatable bonds is 16. The first-order valence-electron chi connectivity index (χ1n) is 13.2. The van der Waals surface area contributed by atoms with Crippen molar-refractivity contribution in [3.63, 3.8) is 0 Å². The molecule has 0 amide bonds. The van der Waals surface area contributed by atoms with E-state index in [9.17, 15) is 0 Å². The highest BCUT2D eigenvalue weighted by atomic mass is 32.2. The van der Waals surface area contributed by atoms with Gasteiger partial charge in [0.2, 0.25) is 12.7 Å². The molecular weight excluding hydrogens is 532 g/mol. The molecule has 4 aromatic rings. The second-order valence-corrected chi connectivity index (χ2v) is 10.6. The Morgan fingerprint density at radius 3 is 1.38 bits per heavy atom. The number of hydrogen-bond donors (Lipinski definition) is 0.